The van der Waals surface area contributed by atoms with Crippen LogP contribution in [0.5, 0.6) is 5.75 Å². The number of anilines is 1. The monoisotopic (exact) mass is 539 g/mol. The SMILES string of the molecule is O=C(Cc1ccc(OCC[C@@H]2C[C@@H]2C2CCN(c3ncc(Cl)cn3)CC2)cc1F)N1CCc2oncc2C1. The molecule has 0 radical (unpaired) electrons. The number of benzene rings is 1. The number of rotatable bonds is 8. The molecule has 0 spiro atoms. The van der Waals surface area contributed by atoms with Gasteiger partial charge in [-0.1, -0.05) is 22.8 Å². The summed E-state index contributed by atoms with van der Waals surface area (Å²) in [6.07, 6.45) is 10.1. The van der Waals surface area contributed by atoms with Crippen LogP contribution in [0, 0.1) is 23.6 Å². The van der Waals surface area contributed by atoms with Crippen molar-refractivity contribution in [3.8, 4) is 5.75 Å². The third kappa shape index (κ3) is 5.62. The van der Waals surface area contributed by atoms with Crippen LogP contribution in [0.1, 0.15) is 42.6 Å². The maximum absolute atomic E-state index is 14.7. The van der Waals surface area contributed by atoms with Crippen molar-refractivity contribution in [3.63, 3.8) is 0 Å². The molecule has 4 heterocycles. The van der Waals surface area contributed by atoms with Crippen LogP contribution in [0.2, 0.25) is 5.02 Å². The van der Waals surface area contributed by atoms with Crippen molar-refractivity contribution >= 4 is 23.5 Å². The van der Waals surface area contributed by atoms with Gasteiger partial charge in [0.25, 0.3) is 0 Å². The van der Waals surface area contributed by atoms with E-state index in [-0.39, 0.29) is 12.3 Å². The zero-order valence-electron chi connectivity index (χ0n) is 21.2. The fourth-order valence-electron chi connectivity index (χ4n) is 5.89. The minimum Gasteiger partial charge on any atom is -0.493 e. The summed E-state index contributed by atoms with van der Waals surface area (Å²) in [7, 11) is 0. The second kappa shape index (κ2) is 10.9. The minimum absolute atomic E-state index is 0.0272. The molecule has 1 aromatic carbocycles. The summed E-state index contributed by atoms with van der Waals surface area (Å²) in [5.41, 5.74) is 1.31. The second-order valence-corrected chi connectivity index (χ2v) is 11.0. The molecular weight excluding hydrogens is 509 g/mol. The molecule has 10 heteroatoms. The summed E-state index contributed by atoms with van der Waals surface area (Å²) in [6, 6.07) is 4.82. The van der Waals surface area contributed by atoms with Gasteiger partial charge < -0.3 is 19.1 Å². The molecule has 2 aliphatic heterocycles. The number of carbonyl (C=O) groups is 1. The lowest BCUT2D eigenvalue weighted by Crippen LogP contribution is -2.36. The number of hydrogen-bond acceptors (Lipinski definition) is 7. The molecule has 0 N–H and O–H groups in total. The highest BCUT2D eigenvalue weighted by molar-refractivity contribution is 6.30. The first-order valence-electron chi connectivity index (χ1n) is 13.4. The van der Waals surface area contributed by atoms with Crippen molar-refractivity contribution < 1.29 is 18.4 Å². The third-order valence-corrected chi connectivity index (χ3v) is 8.38. The Bertz CT molecular complexity index is 1280. The smallest absolute Gasteiger partial charge is 0.227 e. The lowest BCUT2D eigenvalue weighted by atomic mass is 9.90. The number of carbonyl (C=O) groups excluding carboxylic acids is 1. The van der Waals surface area contributed by atoms with Gasteiger partial charge in [0.05, 0.1) is 43.2 Å². The van der Waals surface area contributed by atoms with Gasteiger partial charge in [-0.05, 0) is 55.1 Å². The zero-order chi connectivity index (χ0) is 26.1. The van der Waals surface area contributed by atoms with Crippen molar-refractivity contribution in [1.82, 2.24) is 20.0 Å². The zero-order valence-corrected chi connectivity index (χ0v) is 21.9. The van der Waals surface area contributed by atoms with Crippen LogP contribution in [0.3, 0.4) is 0 Å². The molecule has 0 bridgehead atoms. The Morgan fingerprint density at radius 1 is 1.16 bits per heavy atom. The van der Waals surface area contributed by atoms with Crippen LogP contribution in [-0.2, 0) is 24.2 Å². The Labute approximate surface area is 226 Å². The van der Waals surface area contributed by atoms with Crippen molar-refractivity contribution in [2.24, 2.45) is 17.8 Å². The highest BCUT2D eigenvalue weighted by Gasteiger charge is 2.43. The van der Waals surface area contributed by atoms with Gasteiger partial charge in [-0.25, -0.2) is 14.4 Å². The van der Waals surface area contributed by atoms with Crippen LogP contribution in [0.15, 0.2) is 41.3 Å². The molecule has 1 saturated carbocycles. The molecule has 1 amide bonds. The molecule has 6 rings (SSSR count). The molecule has 38 heavy (non-hydrogen) atoms. The average molecular weight is 540 g/mol. The van der Waals surface area contributed by atoms with E-state index in [2.05, 4.69) is 20.0 Å². The highest BCUT2D eigenvalue weighted by Crippen LogP contribution is 2.49. The lowest BCUT2D eigenvalue weighted by molar-refractivity contribution is -0.131. The number of nitrogens with zero attached hydrogens (tertiary/aromatic N) is 5. The van der Waals surface area contributed by atoms with Gasteiger partial charge >= 0.3 is 0 Å². The molecule has 3 aliphatic rings. The van der Waals surface area contributed by atoms with Gasteiger partial charge in [-0.2, -0.15) is 0 Å². The fraction of sp³-hybridized carbons (Fsp3) is 0.500. The van der Waals surface area contributed by atoms with Crippen LogP contribution in [0.25, 0.3) is 0 Å². The van der Waals surface area contributed by atoms with Gasteiger partial charge in [0, 0.05) is 37.7 Å². The standard InChI is InChI=1S/C28H31ClFN5O3/c29-22-15-31-28(32-16-22)34-7-3-18(4-8-34)24-11-19(24)6-10-37-23-2-1-20(25(30)13-23)12-27(36)35-9-5-26-21(17-35)14-33-38-26/h1-2,13-16,18-19,24H,3-12,17H2/t19-,24-/m1/s1. The van der Waals surface area contributed by atoms with E-state index in [1.165, 1.54) is 12.5 Å². The number of amides is 1. The maximum Gasteiger partial charge on any atom is 0.227 e. The predicted octanol–water partition coefficient (Wildman–Crippen LogP) is 4.71. The number of hydrogen-bond donors (Lipinski definition) is 0. The Kier molecular flexibility index (Phi) is 7.19. The molecule has 200 valence electrons. The second-order valence-electron chi connectivity index (χ2n) is 10.6. The van der Waals surface area contributed by atoms with E-state index in [4.69, 9.17) is 20.9 Å². The van der Waals surface area contributed by atoms with Crippen LogP contribution in [-0.4, -0.2) is 52.2 Å². The van der Waals surface area contributed by atoms with Crippen molar-refractivity contribution in [2.45, 2.75) is 45.1 Å². The summed E-state index contributed by atoms with van der Waals surface area (Å²) in [4.78, 5) is 25.4. The first-order chi connectivity index (χ1) is 18.5. The number of halogens is 2. The molecule has 3 aromatic rings. The van der Waals surface area contributed by atoms with Gasteiger partial charge in [0.1, 0.15) is 17.3 Å². The van der Waals surface area contributed by atoms with E-state index < -0.39 is 5.82 Å². The van der Waals surface area contributed by atoms with Crippen molar-refractivity contribution in [2.75, 3.05) is 31.1 Å². The van der Waals surface area contributed by atoms with Gasteiger partial charge in [0.15, 0.2) is 0 Å². The summed E-state index contributed by atoms with van der Waals surface area (Å²) >= 11 is 5.90. The van der Waals surface area contributed by atoms with E-state index in [0.717, 1.165) is 61.5 Å². The van der Waals surface area contributed by atoms with Gasteiger partial charge in [-0.15, -0.1) is 0 Å². The van der Waals surface area contributed by atoms with Crippen molar-refractivity contribution in [1.29, 1.82) is 0 Å². The maximum atomic E-state index is 14.7. The molecule has 8 nitrogen and oxygen atoms in total. The van der Waals surface area contributed by atoms with Gasteiger partial charge in [0.2, 0.25) is 11.9 Å². The molecule has 1 saturated heterocycles. The van der Waals surface area contributed by atoms with E-state index in [1.54, 1.807) is 35.6 Å². The number of piperidine rings is 1. The summed E-state index contributed by atoms with van der Waals surface area (Å²) in [5, 5.41) is 4.35. The first-order valence-corrected chi connectivity index (χ1v) is 13.7. The Morgan fingerprint density at radius 2 is 1.97 bits per heavy atom. The van der Waals surface area contributed by atoms with E-state index in [1.807, 2.05) is 0 Å². The Hall–Kier alpha value is -3.20. The molecule has 1 aliphatic carbocycles. The summed E-state index contributed by atoms with van der Waals surface area (Å²) in [6.45, 7) is 3.53. The molecular formula is C28H31ClFN5O3. The minimum atomic E-state index is -0.403. The highest BCUT2D eigenvalue weighted by atomic mass is 35.5. The first kappa shape index (κ1) is 25.1. The topological polar surface area (TPSA) is 84.6 Å². The van der Waals surface area contributed by atoms with Gasteiger partial charge in [-0.3, -0.25) is 4.79 Å². The molecule has 2 atom stereocenters. The fourth-order valence-corrected chi connectivity index (χ4v) is 5.99. The van der Waals surface area contributed by atoms with Crippen LogP contribution >= 0.6 is 11.6 Å². The quantitative estimate of drug-likeness (QED) is 0.410. The number of aromatic nitrogens is 3. The third-order valence-electron chi connectivity index (χ3n) is 8.19. The van der Waals surface area contributed by atoms with E-state index in [9.17, 15) is 9.18 Å². The molecule has 2 fully saturated rings. The predicted molar refractivity (Wildman–Crippen MR) is 139 cm³/mol. The Balaban J connectivity index is 0.921. The number of fused-ring (bicyclic) bond motifs is 1. The molecule has 0 unspecified atom stereocenters. The van der Waals surface area contributed by atoms with Crippen LogP contribution < -0.4 is 9.64 Å². The molecule has 2 aromatic heterocycles. The Morgan fingerprint density at radius 3 is 2.76 bits per heavy atom. The summed E-state index contributed by atoms with van der Waals surface area (Å²) in [5.74, 6) is 3.75. The van der Waals surface area contributed by atoms with Crippen molar-refractivity contribution in [3.05, 3.63) is 64.5 Å². The normalized spacial score (nSPS) is 21.3. The summed E-state index contributed by atoms with van der Waals surface area (Å²) < 4.78 is 25.8. The van der Waals surface area contributed by atoms with E-state index >= 15 is 0 Å². The van der Waals surface area contributed by atoms with Crippen LogP contribution in [0.4, 0.5) is 10.3 Å². The lowest BCUT2D eigenvalue weighted by Gasteiger charge is -2.32. The average Bonchev–Trinajstić information content (AvgIpc) is 3.55. The largest absolute Gasteiger partial charge is 0.493 e. The van der Waals surface area contributed by atoms with E-state index in [0.29, 0.717) is 48.4 Å². The number of ether oxygens (including phenoxy) is 1.